The standard InChI is InChI=1S/C24H22N4O3/c25-14-18-7-3-4-9-20(18)27-24(30)23(29)26-15-21(22-10-5-13-31-22)28-12-11-17-6-1-2-8-19(17)16-28/h1-10,13,21H,11-12,15-16H2,(H,26,29)(H,27,30)/t21-/m1/s1. The summed E-state index contributed by atoms with van der Waals surface area (Å²) in [7, 11) is 0. The smallest absolute Gasteiger partial charge is 0.313 e. The van der Waals surface area contributed by atoms with Crippen molar-refractivity contribution in [3.63, 3.8) is 0 Å². The van der Waals surface area contributed by atoms with Gasteiger partial charge in [0.05, 0.1) is 23.6 Å². The van der Waals surface area contributed by atoms with Gasteiger partial charge in [-0.25, -0.2) is 0 Å². The van der Waals surface area contributed by atoms with Gasteiger partial charge >= 0.3 is 11.8 Å². The molecule has 0 radical (unpaired) electrons. The van der Waals surface area contributed by atoms with Crippen molar-refractivity contribution >= 4 is 17.5 Å². The zero-order valence-electron chi connectivity index (χ0n) is 16.9. The normalized spacial score (nSPS) is 14.2. The molecular weight excluding hydrogens is 392 g/mol. The lowest BCUT2D eigenvalue weighted by molar-refractivity contribution is -0.136. The van der Waals surface area contributed by atoms with Gasteiger partial charge in [0.2, 0.25) is 0 Å². The quantitative estimate of drug-likeness (QED) is 0.626. The number of nitrogens with zero attached hydrogens (tertiary/aromatic N) is 2. The molecule has 1 atom stereocenters. The van der Waals surface area contributed by atoms with Crippen LogP contribution in [0.4, 0.5) is 5.69 Å². The Balaban J connectivity index is 1.43. The predicted molar refractivity (Wildman–Crippen MR) is 115 cm³/mol. The van der Waals surface area contributed by atoms with E-state index in [1.165, 1.54) is 11.1 Å². The molecule has 31 heavy (non-hydrogen) atoms. The van der Waals surface area contributed by atoms with Crippen LogP contribution in [0.3, 0.4) is 0 Å². The maximum atomic E-state index is 12.4. The van der Waals surface area contributed by atoms with E-state index >= 15 is 0 Å². The first-order valence-electron chi connectivity index (χ1n) is 10.1. The zero-order chi connectivity index (χ0) is 21.6. The molecule has 7 heteroatoms. The minimum absolute atomic E-state index is 0.202. The highest BCUT2D eigenvalue weighted by atomic mass is 16.3. The summed E-state index contributed by atoms with van der Waals surface area (Å²) in [5, 5.41) is 14.4. The summed E-state index contributed by atoms with van der Waals surface area (Å²) in [6.45, 7) is 1.78. The predicted octanol–water partition coefficient (Wildman–Crippen LogP) is 3.01. The molecule has 0 bridgehead atoms. The van der Waals surface area contributed by atoms with E-state index in [4.69, 9.17) is 9.68 Å². The Morgan fingerprint density at radius 2 is 1.81 bits per heavy atom. The number of furan rings is 1. The Morgan fingerprint density at radius 3 is 2.58 bits per heavy atom. The van der Waals surface area contributed by atoms with Crippen molar-refractivity contribution in [2.45, 2.75) is 19.0 Å². The number of amides is 2. The van der Waals surface area contributed by atoms with Crippen molar-refractivity contribution in [3.8, 4) is 6.07 Å². The average molecular weight is 414 g/mol. The second kappa shape index (κ2) is 9.28. The summed E-state index contributed by atoms with van der Waals surface area (Å²) in [6, 6.07) is 20.3. The van der Waals surface area contributed by atoms with Crippen LogP contribution in [0.1, 0.15) is 28.5 Å². The van der Waals surface area contributed by atoms with Gasteiger partial charge in [-0.2, -0.15) is 5.26 Å². The van der Waals surface area contributed by atoms with E-state index in [1.807, 2.05) is 30.3 Å². The number of fused-ring (bicyclic) bond motifs is 1. The fourth-order valence-electron chi connectivity index (χ4n) is 3.81. The van der Waals surface area contributed by atoms with Crippen LogP contribution in [0.2, 0.25) is 0 Å². The van der Waals surface area contributed by atoms with Crippen molar-refractivity contribution in [2.75, 3.05) is 18.4 Å². The molecule has 7 nitrogen and oxygen atoms in total. The van der Waals surface area contributed by atoms with E-state index in [9.17, 15) is 9.59 Å². The number of para-hydroxylation sites is 1. The Hall–Kier alpha value is -3.89. The Kier molecular flexibility index (Phi) is 6.11. The first-order valence-corrected chi connectivity index (χ1v) is 10.1. The van der Waals surface area contributed by atoms with Crippen LogP contribution < -0.4 is 10.6 Å². The third-order valence-corrected chi connectivity index (χ3v) is 5.43. The van der Waals surface area contributed by atoms with E-state index < -0.39 is 11.8 Å². The van der Waals surface area contributed by atoms with Gasteiger partial charge in [0.1, 0.15) is 11.8 Å². The molecule has 2 amide bonds. The number of carbonyl (C=O) groups excluding carboxylic acids is 2. The summed E-state index contributed by atoms with van der Waals surface area (Å²) >= 11 is 0. The molecule has 0 spiro atoms. The highest BCUT2D eigenvalue weighted by Gasteiger charge is 2.28. The lowest BCUT2D eigenvalue weighted by atomic mass is 9.98. The molecule has 0 saturated heterocycles. The monoisotopic (exact) mass is 414 g/mol. The first-order chi connectivity index (χ1) is 15.2. The summed E-state index contributed by atoms with van der Waals surface area (Å²) in [5.41, 5.74) is 3.18. The van der Waals surface area contributed by atoms with Gasteiger partial charge in [-0.05, 0) is 41.8 Å². The molecule has 0 saturated carbocycles. The van der Waals surface area contributed by atoms with Crippen LogP contribution in [-0.4, -0.2) is 29.8 Å². The Labute approximate surface area is 180 Å². The number of anilines is 1. The Bertz CT molecular complexity index is 1120. The molecule has 1 aromatic heterocycles. The highest BCUT2D eigenvalue weighted by molar-refractivity contribution is 6.39. The first kappa shape index (κ1) is 20.4. The maximum absolute atomic E-state index is 12.4. The molecule has 0 aliphatic carbocycles. The van der Waals surface area contributed by atoms with Crippen molar-refractivity contribution in [1.29, 1.82) is 5.26 Å². The molecule has 1 aliphatic rings. The van der Waals surface area contributed by atoms with Gasteiger partial charge in [-0.15, -0.1) is 0 Å². The summed E-state index contributed by atoms with van der Waals surface area (Å²) in [4.78, 5) is 27.0. The number of nitriles is 1. The van der Waals surface area contributed by atoms with Crippen LogP contribution in [0.5, 0.6) is 0 Å². The number of carbonyl (C=O) groups is 2. The van der Waals surface area contributed by atoms with Crippen LogP contribution >= 0.6 is 0 Å². The average Bonchev–Trinajstić information content (AvgIpc) is 3.34. The van der Waals surface area contributed by atoms with Gasteiger partial charge in [-0.3, -0.25) is 14.5 Å². The number of hydrogen-bond acceptors (Lipinski definition) is 5. The van der Waals surface area contributed by atoms with Crippen molar-refractivity contribution in [2.24, 2.45) is 0 Å². The van der Waals surface area contributed by atoms with Crippen molar-refractivity contribution < 1.29 is 14.0 Å². The fourth-order valence-corrected chi connectivity index (χ4v) is 3.81. The van der Waals surface area contributed by atoms with Gasteiger partial charge in [0.25, 0.3) is 0 Å². The number of rotatable bonds is 5. The second-order valence-electron chi connectivity index (χ2n) is 7.34. The van der Waals surface area contributed by atoms with Crippen molar-refractivity contribution in [3.05, 3.63) is 89.4 Å². The molecule has 0 fully saturated rings. The summed E-state index contributed by atoms with van der Waals surface area (Å²) < 4.78 is 5.63. The van der Waals surface area contributed by atoms with Gasteiger partial charge < -0.3 is 15.1 Å². The topological polar surface area (TPSA) is 98.4 Å². The van der Waals surface area contributed by atoms with Gasteiger partial charge in [0, 0.05) is 19.6 Å². The molecule has 2 heterocycles. The molecular formula is C24H22N4O3. The van der Waals surface area contributed by atoms with Crippen LogP contribution in [0, 0.1) is 11.3 Å². The fraction of sp³-hybridized carbons (Fsp3) is 0.208. The SMILES string of the molecule is N#Cc1ccccc1NC(=O)C(=O)NC[C@H](c1ccco1)N1CCc2ccccc2C1. The van der Waals surface area contributed by atoms with Crippen molar-refractivity contribution in [1.82, 2.24) is 10.2 Å². The van der Waals surface area contributed by atoms with Gasteiger partial charge in [-0.1, -0.05) is 36.4 Å². The molecule has 1 aliphatic heterocycles. The zero-order valence-corrected chi connectivity index (χ0v) is 16.9. The molecule has 2 aromatic carbocycles. The molecule has 4 rings (SSSR count). The van der Waals surface area contributed by atoms with Crippen LogP contribution in [0.15, 0.2) is 71.3 Å². The minimum atomic E-state index is -0.815. The lowest BCUT2D eigenvalue weighted by Gasteiger charge is -2.34. The number of nitrogens with one attached hydrogen (secondary N) is 2. The van der Waals surface area contributed by atoms with E-state index in [0.717, 1.165) is 25.3 Å². The van der Waals surface area contributed by atoms with E-state index in [1.54, 1.807) is 30.5 Å². The second-order valence-corrected chi connectivity index (χ2v) is 7.34. The molecule has 3 aromatic rings. The lowest BCUT2D eigenvalue weighted by Crippen LogP contribution is -2.43. The summed E-state index contributed by atoms with van der Waals surface area (Å²) in [5.74, 6) is -0.846. The third-order valence-electron chi connectivity index (χ3n) is 5.43. The van der Waals surface area contributed by atoms with E-state index in [-0.39, 0.29) is 12.6 Å². The molecule has 0 unspecified atom stereocenters. The van der Waals surface area contributed by atoms with E-state index in [2.05, 4.69) is 27.7 Å². The third kappa shape index (κ3) is 4.65. The highest BCUT2D eigenvalue weighted by Crippen LogP contribution is 2.27. The minimum Gasteiger partial charge on any atom is -0.468 e. The maximum Gasteiger partial charge on any atom is 0.313 e. The van der Waals surface area contributed by atoms with Gasteiger partial charge in [0.15, 0.2) is 0 Å². The molecule has 2 N–H and O–H groups in total. The summed E-state index contributed by atoms with van der Waals surface area (Å²) in [6.07, 6.45) is 2.51. The Morgan fingerprint density at radius 1 is 1.03 bits per heavy atom. The van der Waals surface area contributed by atoms with E-state index in [0.29, 0.717) is 11.3 Å². The molecule has 156 valence electrons. The number of benzene rings is 2. The van der Waals surface area contributed by atoms with Crippen LogP contribution in [0.25, 0.3) is 0 Å². The largest absolute Gasteiger partial charge is 0.468 e. The number of hydrogen-bond donors (Lipinski definition) is 2. The van der Waals surface area contributed by atoms with Crippen LogP contribution in [-0.2, 0) is 22.6 Å².